The Bertz CT molecular complexity index is 791. The molecule has 5 N–H and O–H groups in total. The zero-order chi connectivity index (χ0) is 18.9. The monoisotopic (exact) mass is 372 g/mol. The van der Waals surface area contributed by atoms with Gasteiger partial charge in [0, 0.05) is 18.1 Å². The number of alkyl halides is 1. The Morgan fingerprint density at radius 2 is 1.76 bits per heavy atom. The van der Waals surface area contributed by atoms with Crippen LogP contribution >= 0.6 is 11.6 Å². The first-order valence-corrected chi connectivity index (χ1v) is 7.80. The number of ketones is 2. The number of carbonyl (C=O) groups is 2. The number of phenolic OH excluding ortho intramolecular Hbond substituents is 1. The number of aliphatic hydroxyl groups excluding tert-OH is 2. The molecule has 2 aliphatic rings. The van der Waals surface area contributed by atoms with Crippen LogP contribution < -0.4 is 4.74 Å². The van der Waals surface area contributed by atoms with E-state index in [0.29, 0.717) is 0 Å². The molecule has 1 aromatic carbocycles. The molecule has 1 saturated carbocycles. The molecule has 9 heteroatoms. The standard InChI is InChI=1S/C16H17ClO8/c1-14(23)5-15(24)10(19)7-3-6(25-2)4-8(18)9(7)11(20)16(15,17)13(22)12(14)21/h3-4,12-13,18,21-24H,5H2,1-2H3/t12-,13+,14+,15-,16+/m1/s1. The molecule has 0 heterocycles. The predicted octanol–water partition coefficient (Wildman–Crippen LogP) is -0.635. The first kappa shape index (κ1) is 18.1. The third kappa shape index (κ3) is 2.03. The summed E-state index contributed by atoms with van der Waals surface area (Å²) in [5, 5.41) is 51.8. The van der Waals surface area contributed by atoms with Crippen molar-refractivity contribution in [2.75, 3.05) is 7.11 Å². The minimum Gasteiger partial charge on any atom is -0.507 e. The van der Waals surface area contributed by atoms with Crippen LogP contribution in [0.1, 0.15) is 34.1 Å². The number of methoxy groups -OCH3 is 1. The number of carbonyl (C=O) groups excluding carboxylic acids is 2. The number of phenols is 1. The van der Waals surface area contributed by atoms with Crippen molar-refractivity contribution in [1.29, 1.82) is 0 Å². The van der Waals surface area contributed by atoms with E-state index >= 15 is 0 Å². The average Bonchev–Trinajstić information content (AvgIpc) is 2.54. The number of halogens is 1. The highest BCUT2D eigenvalue weighted by Crippen LogP contribution is 2.54. The highest BCUT2D eigenvalue weighted by Gasteiger charge is 2.73. The lowest BCUT2D eigenvalue weighted by molar-refractivity contribution is -0.195. The minimum absolute atomic E-state index is 0.0613. The van der Waals surface area contributed by atoms with E-state index in [1.54, 1.807) is 0 Å². The third-order valence-electron chi connectivity index (χ3n) is 5.06. The lowest BCUT2D eigenvalue weighted by Crippen LogP contribution is -2.78. The molecule has 25 heavy (non-hydrogen) atoms. The summed E-state index contributed by atoms with van der Waals surface area (Å²) in [7, 11) is 1.28. The van der Waals surface area contributed by atoms with Gasteiger partial charge in [0.05, 0.1) is 18.3 Å². The maximum atomic E-state index is 12.9. The van der Waals surface area contributed by atoms with Crippen LogP contribution in [0.3, 0.4) is 0 Å². The summed E-state index contributed by atoms with van der Waals surface area (Å²) >= 11 is 6.23. The molecule has 0 amide bonds. The first-order valence-electron chi connectivity index (χ1n) is 7.42. The number of aromatic hydroxyl groups is 1. The van der Waals surface area contributed by atoms with Crippen molar-refractivity contribution < 1.29 is 39.9 Å². The van der Waals surface area contributed by atoms with Crippen molar-refractivity contribution in [2.24, 2.45) is 0 Å². The molecule has 0 aromatic heterocycles. The number of aliphatic hydroxyl groups is 4. The summed E-state index contributed by atoms with van der Waals surface area (Å²) < 4.78 is 4.94. The molecule has 0 bridgehead atoms. The Morgan fingerprint density at radius 1 is 1.16 bits per heavy atom. The van der Waals surface area contributed by atoms with E-state index in [9.17, 15) is 35.1 Å². The Hall–Kier alpha value is -1.71. The fraction of sp³-hybridized carbons (Fsp3) is 0.500. The molecule has 136 valence electrons. The van der Waals surface area contributed by atoms with Gasteiger partial charge in [0.2, 0.25) is 0 Å². The fourth-order valence-electron chi connectivity index (χ4n) is 3.66. The van der Waals surface area contributed by atoms with E-state index in [4.69, 9.17) is 16.3 Å². The van der Waals surface area contributed by atoms with E-state index in [0.717, 1.165) is 19.1 Å². The normalized spacial score (nSPS) is 40.4. The van der Waals surface area contributed by atoms with Crippen molar-refractivity contribution in [3.05, 3.63) is 23.3 Å². The van der Waals surface area contributed by atoms with Crippen LogP contribution in [0, 0.1) is 0 Å². The van der Waals surface area contributed by atoms with Crippen molar-refractivity contribution in [2.45, 2.75) is 41.6 Å². The lowest BCUT2D eigenvalue weighted by Gasteiger charge is -2.55. The molecule has 0 spiro atoms. The lowest BCUT2D eigenvalue weighted by atomic mass is 9.57. The van der Waals surface area contributed by atoms with Gasteiger partial charge in [0.15, 0.2) is 22.0 Å². The molecule has 1 fully saturated rings. The second kappa shape index (κ2) is 5.15. The molecule has 0 saturated heterocycles. The quantitative estimate of drug-likeness (QED) is 0.409. The largest absolute Gasteiger partial charge is 0.507 e. The van der Waals surface area contributed by atoms with Gasteiger partial charge in [0.1, 0.15) is 23.7 Å². The Balaban J connectivity index is 2.33. The van der Waals surface area contributed by atoms with Gasteiger partial charge in [-0.15, -0.1) is 11.6 Å². The number of ether oxygens (including phenoxy) is 1. The summed E-state index contributed by atoms with van der Waals surface area (Å²) in [4.78, 5) is 23.2. The van der Waals surface area contributed by atoms with Gasteiger partial charge in [-0.1, -0.05) is 0 Å². The van der Waals surface area contributed by atoms with Crippen LogP contribution in [0.5, 0.6) is 11.5 Å². The van der Waals surface area contributed by atoms with Gasteiger partial charge in [-0.2, -0.15) is 0 Å². The molecule has 1 aromatic rings. The van der Waals surface area contributed by atoms with Gasteiger partial charge in [-0.05, 0) is 13.0 Å². The van der Waals surface area contributed by atoms with E-state index in [1.807, 2.05) is 0 Å². The molecule has 8 nitrogen and oxygen atoms in total. The summed E-state index contributed by atoms with van der Waals surface area (Å²) in [6.45, 7) is 1.10. The number of rotatable bonds is 1. The molecule has 0 aliphatic heterocycles. The van der Waals surface area contributed by atoms with Crippen LogP contribution in [0.15, 0.2) is 12.1 Å². The van der Waals surface area contributed by atoms with E-state index < -0.39 is 57.6 Å². The Kier molecular flexibility index (Phi) is 3.73. The molecule has 0 radical (unpaired) electrons. The van der Waals surface area contributed by atoms with Crippen molar-refractivity contribution in [1.82, 2.24) is 0 Å². The van der Waals surface area contributed by atoms with Crippen molar-refractivity contribution in [3.63, 3.8) is 0 Å². The van der Waals surface area contributed by atoms with Gasteiger partial charge < -0.3 is 30.3 Å². The summed E-state index contributed by atoms with van der Waals surface area (Å²) in [6, 6.07) is 2.23. The zero-order valence-electron chi connectivity index (χ0n) is 13.4. The smallest absolute Gasteiger partial charge is 0.197 e. The second-order valence-corrected chi connectivity index (χ2v) is 7.32. The highest BCUT2D eigenvalue weighted by molar-refractivity contribution is 6.45. The van der Waals surface area contributed by atoms with Gasteiger partial charge in [-0.3, -0.25) is 9.59 Å². The zero-order valence-corrected chi connectivity index (χ0v) is 14.1. The molecular weight excluding hydrogens is 356 g/mol. The van der Waals surface area contributed by atoms with E-state index in [2.05, 4.69) is 0 Å². The van der Waals surface area contributed by atoms with Crippen LogP contribution in [0.25, 0.3) is 0 Å². The van der Waals surface area contributed by atoms with Crippen molar-refractivity contribution in [3.8, 4) is 11.5 Å². The SMILES string of the molecule is COc1cc(O)c2c(c1)C(=O)[C@]1(O)C[C@](C)(O)[C@H](O)[C@H](O)[C@@]1(Cl)C2=O. The third-order valence-corrected chi connectivity index (χ3v) is 5.77. The molecule has 3 rings (SSSR count). The number of benzene rings is 1. The summed E-state index contributed by atoms with van der Waals surface area (Å²) in [6.07, 6.45) is -4.85. The molecule has 2 aliphatic carbocycles. The second-order valence-electron chi connectivity index (χ2n) is 6.72. The number of hydrogen-bond donors (Lipinski definition) is 5. The number of hydrogen-bond acceptors (Lipinski definition) is 8. The predicted molar refractivity (Wildman–Crippen MR) is 84.1 cm³/mol. The maximum absolute atomic E-state index is 12.9. The van der Waals surface area contributed by atoms with E-state index in [1.165, 1.54) is 7.11 Å². The van der Waals surface area contributed by atoms with Crippen LogP contribution in [0.2, 0.25) is 0 Å². The first-order chi connectivity index (χ1) is 11.4. The number of fused-ring (bicyclic) bond motifs is 2. The average molecular weight is 373 g/mol. The van der Waals surface area contributed by atoms with Crippen LogP contribution in [-0.2, 0) is 0 Å². The summed E-state index contributed by atoms with van der Waals surface area (Å²) in [5.41, 5.74) is -5.61. The van der Waals surface area contributed by atoms with Crippen molar-refractivity contribution >= 4 is 23.2 Å². The molecule has 5 atom stereocenters. The molecular formula is C16H17ClO8. The van der Waals surface area contributed by atoms with Gasteiger partial charge in [-0.25, -0.2) is 0 Å². The molecule has 0 unspecified atom stereocenters. The Morgan fingerprint density at radius 3 is 2.32 bits per heavy atom. The van der Waals surface area contributed by atoms with E-state index in [-0.39, 0.29) is 11.3 Å². The maximum Gasteiger partial charge on any atom is 0.197 e. The van der Waals surface area contributed by atoms with Gasteiger partial charge in [0.25, 0.3) is 0 Å². The highest BCUT2D eigenvalue weighted by atomic mass is 35.5. The van der Waals surface area contributed by atoms with Gasteiger partial charge >= 0.3 is 0 Å². The topological polar surface area (TPSA) is 145 Å². The summed E-state index contributed by atoms with van der Waals surface area (Å²) in [5.74, 6) is -2.76. The van der Waals surface area contributed by atoms with Crippen LogP contribution in [0.4, 0.5) is 0 Å². The Labute approximate surface area is 147 Å². The van der Waals surface area contributed by atoms with Crippen LogP contribution in [-0.4, -0.2) is 72.5 Å². The minimum atomic E-state index is -2.69. The number of Topliss-reactive ketones (excluding diaryl/α,β-unsaturated/α-hetero) is 2. The fourth-order valence-corrected chi connectivity index (χ4v) is 4.03.